The molecule has 6 rings (SSSR count). The maximum atomic E-state index is 14.0. The predicted molar refractivity (Wildman–Crippen MR) is 134 cm³/mol. The van der Waals surface area contributed by atoms with Crippen LogP contribution < -0.4 is 11.5 Å². The molecule has 1 aliphatic heterocycles. The quantitative estimate of drug-likeness (QED) is 0.299. The summed E-state index contributed by atoms with van der Waals surface area (Å²) in [5, 5.41) is 23.9. The van der Waals surface area contributed by atoms with Gasteiger partial charge in [0.2, 0.25) is 0 Å². The van der Waals surface area contributed by atoms with Crippen LogP contribution in [0.4, 0.5) is 11.6 Å². The van der Waals surface area contributed by atoms with Gasteiger partial charge in [-0.05, 0) is 53.2 Å². The molecule has 0 radical (unpaired) electrons. The zero-order valence-corrected chi connectivity index (χ0v) is 20.4. The Morgan fingerprint density at radius 3 is 2.74 bits per heavy atom. The van der Waals surface area contributed by atoms with Crippen LogP contribution in [-0.2, 0) is 4.79 Å². The molecule has 0 bridgehead atoms. The Balaban J connectivity index is 1.38. The average molecular weight is 538 g/mol. The van der Waals surface area contributed by atoms with Crippen molar-refractivity contribution in [3.05, 3.63) is 52.9 Å². The lowest BCUT2D eigenvalue weighted by Gasteiger charge is -2.25. The summed E-state index contributed by atoms with van der Waals surface area (Å²) in [5.74, 6) is 0.590. The minimum Gasteiger partial charge on any atom is -0.389 e. The normalized spacial score (nSPS) is 29.2. The van der Waals surface area contributed by atoms with Crippen LogP contribution in [0.3, 0.4) is 0 Å². The zero-order chi connectivity index (χ0) is 24.6. The highest BCUT2D eigenvalue weighted by Gasteiger charge is 2.63. The Hall–Kier alpha value is -3.12. The van der Waals surface area contributed by atoms with Crippen molar-refractivity contribution < 1.29 is 15.0 Å². The Labute approximate surface area is 208 Å². The minimum atomic E-state index is -1.23. The molecule has 5 unspecified atom stereocenters. The lowest BCUT2D eigenvalue weighted by Crippen LogP contribution is -2.42. The van der Waals surface area contributed by atoms with Crippen molar-refractivity contribution in [1.82, 2.24) is 24.4 Å². The number of aromatic nitrogens is 4. The van der Waals surface area contributed by atoms with Crippen LogP contribution >= 0.6 is 15.9 Å². The van der Waals surface area contributed by atoms with E-state index in [2.05, 4.69) is 30.9 Å². The number of nitrogen functional groups attached to an aromatic ring is 2. The first kappa shape index (κ1) is 22.4. The van der Waals surface area contributed by atoms with E-state index in [0.29, 0.717) is 39.2 Å². The number of aliphatic hydroxyl groups is 2. The van der Waals surface area contributed by atoms with Gasteiger partial charge in [0, 0.05) is 18.1 Å². The van der Waals surface area contributed by atoms with Gasteiger partial charge < -0.3 is 26.2 Å². The highest BCUT2D eigenvalue weighted by molar-refractivity contribution is 9.10. The Bertz CT molecular complexity index is 1510. The van der Waals surface area contributed by atoms with Gasteiger partial charge in [-0.1, -0.05) is 12.1 Å². The Morgan fingerprint density at radius 1 is 1.14 bits per heavy atom. The van der Waals surface area contributed by atoms with Crippen LogP contribution in [0.5, 0.6) is 0 Å². The number of hydrogen-bond donors (Lipinski definition) is 4. The number of likely N-dealkylation sites (tertiary alicyclic amines) is 1. The highest BCUT2D eigenvalue weighted by atomic mass is 79.9. The Morgan fingerprint density at radius 2 is 1.94 bits per heavy atom. The lowest BCUT2D eigenvalue weighted by molar-refractivity contribution is -0.133. The third kappa shape index (κ3) is 3.12. The van der Waals surface area contributed by atoms with Crippen LogP contribution in [-0.4, -0.2) is 66.2 Å². The molecule has 0 amide bonds. The molecule has 4 aromatic rings. The predicted octanol–water partition coefficient (Wildman–Crippen LogP) is 1.82. The van der Waals surface area contributed by atoms with Crippen molar-refractivity contribution in [3.8, 4) is 0 Å². The molecule has 2 aliphatic rings. The summed E-state index contributed by atoms with van der Waals surface area (Å²) in [6.07, 6.45) is 1.04. The van der Waals surface area contributed by atoms with Crippen molar-refractivity contribution in [2.24, 2.45) is 5.41 Å². The summed E-state index contributed by atoms with van der Waals surface area (Å²) >= 11 is 3.40. The molecular formula is C24H24BrN7O3. The number of hydrogen-bond acceptors (Lipinski definition) is 9. The van der Waals surface area contributed by atoms with Gasteiger partial charge in [0.1, 0.15) is 29.7 Å². The molecule has 4 heterocycles. The first-order valence-electron chi connectivity index (χ1n) is 11.2. The van der Waals surface area contributed by atoms with Gasteiger partial charge >= 0.3 is 0 Å². The maximum absolute atomic E-state index is 14.0. The molecular weight excluding hydrogens is 514 g/mol. The molecule has 1 aliphatic carbocycles. The third-order valence-corrected chi connectivity index (χ3v) is 8.24. The number of carbonyl (C=O) groups excluding carboxylic acids is 1. The van der Waals surface area contributed by atoms with Crippen molar-refractivity contribution in [1.29, 1.82) is 0 Å². The van der Waals surface area contributed by atoms with Gasteiger partial charge in [-0.3, -0.25) is 9.69 Å². The van der Waals surface area contributed by atoms with E-state index in [0.717, 1.165) is 10.9 Å². The molecule has 35 heavy (non-hydrogen) atoms. The second-order valence-electron chi connectivity index (χ2n) is 9.57. The fourth-order valence-corrected chi connectivity index (χ4v) is 6.25. The van der Waals surface area contributed by atoms with E-state index >= 15 is 0 Å². The molecule has 3 aromatic heterocycles. The van der Waals surface area contributed by atoms with Gasteiger partial charge in [0.05, 0.1) is 39.0 Å². The number of Topliss-reactive ketones (excluding diaryl/α,β-unsaturated/α-hetero) is 1. The van der Waals surface area contributed by atoms with Crippen LogP contribution in [0.2, 0.25) is 0 Å². The molecule has 1 saturated heterocycles. The SMILES string of the molecule is CN1CC2(CC(n3ccc4c(N)ncnc43)C(O)C2O)C(=O)C1c1ccc2cc(Br)c(N)nc2c1. The van der Waals surface area contributed by atoms with E-state index in [1.54, 1.807) is 16.8 Å². The standard InChI is InChI=1S/C24H24BrN7O3/c1-31-9-24(19(34)17(31)12-3-2-11-6-14(25)22(27)30-15(11)7-12)8-16(18(33)20(24)35)32-5-4-13-21(26)28-10-29-23(13)32/h2-7,10,16-18,20,33,35H,8-9H2,1H3,(H2,27,30)(H2,26,28,29). The van der Waals surface area contributed by atoms with E-state index in [4.69, 9.17) is 11.5 Å². The zero-order valence-electron chi connectivity index (χ0n) is 18.8. The topological polar surface area (TPSA) is 156 Å². The molecule has 180 valence electrons. The van der Waals surface area contributed by atoms with Gasteiger partial charge in [-0.25, -0.2) is 15.0 Å². The minimum absolute atomic E-state index is 0.121. The van der Waals surface area contributed by atoms with Crippen molar-refractivity contribution in [2.75, 3.05) is 25.1 Å². The molecule has 1 saturated carbocycles. The first-order valence-corrected chi connectivity index (χ1v) is 12.0. The van der Waals surface area contributed by atoms with Crippen LogP contribution in [0, 0.1) is 5.41 Å². The van der Waals surface area contributed by atoms with E-state index < -0.39 is 29.7 Å². The highest BCUT2D eigenvalue weighted by Crippen LogP contribution is 2.53. The molecule has 1 spiro atoms. The third-order valence-electron chi connectivity index (χ3n) is 7.60. The number of pyridine rings is 1. The number of carbonyl (C=O) groups is 1. The molecule has 1 aromatic carbocycles. The molecule has 6 N–H and O–H groups in total. The lowest BCUT2D eigenvalue weighted by atomic mass is 9.79. The van der Waals surface area contributed by atoms with Gasteiger partial charge in [-0.15, -0.1) is 0 Å². The number of rotatable bonds is 2. The average Bonchev–Trinajstić information content (AvgIpc) is 3.44. The number of aliphatic hydroxyl groups excluding tert-OH is 2. The number of benzene rings is 1. The number of likely N-dealkylation sites (N-methyl/N-ethyl adjacent to an activating group) is 1. The largest absolute Gasteiger partial charge is 0.389 e. The Kier molecular flexibility index (Phi) is 4.91. The molecule has 5 atom stereocenters. The first-order chi connectivity index (χ1) is 16.7. The summed E-state index contributed by atoms with van der Waals surface area (Å²) in [4.78, 5) is 28.7. The van der Waals surface area contributed by atoms with Gasteiger partial charge in [0.25, 0.3) is 0 Å². The fourth-order valence-electron chi connectivity index (χ4n) is 5.91. The van der Waals surface area contributed by atoms with Gasteiger partial charge in [0.15, 0.2) is 5.78 Å². The fraction of sp³-hybridized carbons (Fsp3) is 0.333. The summed E-state index contributed by atoms with van der Waals surface area (Å²) in [6, 6.07) is 8.24. The number of fused-ring (bicyclic) bond motifs is 2. The number of halogens is 1. The summed E-state index contributed by atoms with van der Waals surface area (Å²) in [7, 11) is 1.86. The van der Waals surface area contributed by atoms with Crippen LogP contribution in [0.1, 0.15) is 24.1 Å². The van der Waals surface area contributed by atoms with E-state index in [1.807, 2.05) is 36.2 Å². The number of nitrogens with two attached hydrogens (primary N) is 2. The maximum Gasteiger partial charge on any atom is 0.164 e. The number of anilines is 2. The molecule has 11 heteroatoms. The van der Waals surface area contributed by atoms with Gasteiger partial charge in [-0.2, -0.15) is 0 Å². The van der Waals surface area contributed by atoms with E-state index in [9.17, 15) is 15.0 Å². The van der Waals surface area contributed by atoms with Crippen molar-refractivity contribution in [3.63, 3.8) is 0 Å². The van der Waals surface area contributed by atoms with E-state index in [-0.39, 0.29) is 12.2 Å². The summed E-state index contributed by atoms with van der Waals surface area (Å²) in [6.45, 7) is 0.315. The van der Waals surface area contributed by atoms with Crippen molar-refractivity contribution >= 4 is 55.3 Å². The summed E-state index contributed by atoms with van der Waals surface area (Å²) < 4.78 is 2.50. The molecule has 2 fully saturated rings. The van der Waals surface area contributed by atoms with Crippen molar-refractivity contribution in [2.45, 2.75) is 30.7 Å². The second kappa shape index (κ2) is 7.69. The number of nitrogens with zero attached hydrogens (tertiary/aromatic N) is 5. The second-order valence-corrected chi connectivity index (χ2v) is 10.4. The number of ketones is 1. The monoisotopic (exact) mass is 537 g/mol. The van der Waals surface area contributed by atoms with Crippen LogP contribution in [0.25, 0.3) is 21.9 Å². The van der Waals surface area contributed by atoms with E-state index in [1.165, 1.54) is 6.33 Å². The smallest absolute Gasteiger partial charge is 0.164 e. The molecule has 10 nitrogen and oxygen atoms in total. The summed E-state index contributed by atoms with van der Waals surface area (Å²) in [5.41, 5.74) is 12.8. The van der Waals surface area contributed by atoms with Crippen LogP contribution in [0.15, 0.2) is 47.3 Å².